The monoisotopic (exact) mass is 678 g/mol. The molecule has 0 radical (unpaired) electrons. The van der Waals surface area contributed by atoms with E-state index in [9.17, 15) is 45.4 Å². The third kappa shape index (κ3) is 5.42. The molecule has 0 spiro atoms. The number of aliphatic hydroxyl groups is 1. The number of carbonyl (C=O) groups excluding carboxylic acids is 2. The summed E-state index contributed by atoms with van der Waals surface area (Å²) in [6, 6.07) is 8.16. The molecular formula is C32H25F7N4O5. The standard InChI is InChI=1S/C32H25F7N4O5/c1-47-22-10-17(8-16-9-19(31(34,35)36)12-41-24(16)22)27(44)42-13-30(46,32(37,38)39)23-11-21-26(25(43-23)15-2-6-20(33)7-3-15)48-14-29(21,28(40)45)18-4-5-18/h2-3,6-12,18,46H,4-5,13-14H2,1H3,(H2,40,45)(H,42,44)/t29-,30?/m0/s1. The highest BCUT2D eigenvalue weighted by Crippen LogP contribution is 2.56. The van der Waals surface area contributed by atoms with Crippen molar-refractivity contribution < 1.29 is 54.9 Å². The molecule has 2 aromatic heterocycles. The van der Waals surface area contributed by atoms with Crippen molar-refractivity contribution in [1.82, 2.24) is 15.3 Å². The minimum atomic E-state index is -5.48. The van der Waals surface area contributed by atoms with Crippen LogP contribution in [0.4, 0.5) is 30.7 Å². The van der Waals surface area contributed by atoms with Crippen LogP contribution in [0.1, 0.15) is 40.0 Å². The maximum atomic E-state index is 14.8. The Morgan fingerprint density at radius 3 is 2.35 bits per heavy atom. The predicted octanol–water partition coefficient (Wildman–Crippen LogP) is 5.17. The number of amides is 2. The minimum absolute atomic E-state index is 0.0388. The van der Waals surface area contributed by atoms with Crippen molar-refractivity contribution in [2.24, 2.45) is 11.7 Å². The van der Waals surface area contributed by atoms with Gasteiger partial charge in [0.15, 0.2) is 0 Å². The number of aromatic nitrogens is 2. The number of methoxy groups -OCH3 is 1. The normalized spacial score (nSPS) is 18.9. The second-order valence-electron chi connectivity index (χ2n) is 11.7. The lowest BCUT2D eigenvalue weighted by Gasteiger charge is -2.32. The van der Waals surface area contributed by atoms with E-state index in [-0.39, 0.29) is 51.7 Å². The Bertz CT molecular complexity index is 1950. The molecule has 2 aliphatic rings. The number of pyridine rings is 2. The summed E-state index contributed by atoms with van der Waals surface area (Å²) in [5, 5.41) is 13.2. The van der Waals surface area contributed by atoms with Crippen molar-refractivity contribution in [2.75, 3.05) is 20.3 Å². The van der Waals surface area contributed by atoms with E-state index in [1.54, 1.807) is 0 Å². The van der Waals surface area contributed by atoms with E-state index in [4.69, 9.17) is 15.2 Å². The number of halogens is 7. The molecule has 0 bridgehead atoms. The first-order chi connectivity index (χ1) is 22.5. The number of nitrogens with zero attached hydrogens (tertiary/aromatic N) is 2. The number of benzene rings is 2. The van der Waals surface area contributed by atoms with Gasteiger partial charge in [-0.2, -0.15) is 26.3 Å². The summed E-state index contributed by atoms with van der Waals surface area (Å²) in [5.41, 5.74) is -2.37. The molecule has 252 valence electrons. The highest BCUT2D eigenvalue weighted by atomic mass is 19.4. The van der Waals surface area contributed by atoms with E-state index in [2.05, 4.69) is 9.97 Å². The van der Waals surface area contributed by atoms with E-state index < -0.39 is 64.4 Å². The molecule has 9 nitrogen and oxygen atoms in total. The highest BCUT2D eigenvalue weighted by Gasteiger charge is 2.60. The summed E-state index contributed by atoms with van der Waals surface area (Å²) in [5.74, 6) is -3.26. The number of nitrogens with one attached hydrogen (secondary N) is 1. The SMILES string of the molecule is COc1cc(C(=O)NCC(O)(c2cc3c(c(-c4ccc(F)cc4)n2)OC[C@]3(C(N)=O)C2CC2)C(F)(F)F)cc2cc(C(F)(F)F)cnc12. The van der Waals surface area contributed by atoms with Crippen LogP contribution in [-0.2, 0) is 22.0 Å². The Balaban J connectivity index is 1.43. The zero-order chi connectivity index (χ0) is 34.8. The second kappa shape index (κ2) is 11.3. The van der Waals surface area contributed by atoms with Gasteiger partial charge in [0.05, 0.1) is 24.9 Å². The summed E-state index contributed by atoms with van der Waals surface area (Å²) < 4.78 is 109. The molecule has 16 heteroatoms. The first kappa shape index (κ1) is 32.9. The summed E-state index contributed by atoms with van der Waals surface area (Å²) >= 11 is 0. The van der Waals surface area contributed by atoms with E-state index >= 15 is 0 Å². The van der Waals surface area contributed by atoms with Gasteiger partial charge in [-0.1, -0.05) is 0 Å². The lowest BCUT2D eigenvalue weighted by atomic mass is 9.76. The van der Waals surface area contributed by atoms with Gasteiger partial charge in [0.2, 0.25) is 11.5 Å². The van der Waals surface area contributed by atoms with Gasteiger partial charge in [-0.15, -0.1) is 0 Å². The zero-order valence-corrected chi connectivity index (χ0v) is 24.8. The fourth-order valence-corrected chi connectivity index (χ4v) is 5.91. The van der Waals surface area contributed by atoms with Crippen LogP contribution in [0, 0.1) is 11.7 Å². The fourth-order valence-electron chi connectivity index (χ4n) is 5.91. The molecule has 2 aromatic carbocycles. The molecule has 1 aliphatic carbocycles. The molecule has 4 aromatic rings. The topological polar surface area (TPSA) is 137 Å². The van der Waals surface area contributed by atoms with E-state index in [1.165, 1.54) is 12.1 Å². The van der Waals surface area contributed by atoms with Crippen LogP contribution < -0.4 is 20.5 Å². The summed E-state index contributed by atoms with van der Waals surface area (Å²) in [6.45, 7) is -1.81. The Kier molecular flexibility index (Phi) is 7.76. The summed E-state index contributed by atoms with van der Waals surface area (Å²) in [6.07, 6.45) is -8.63. The number of nitrogens with two attached hydrogens (primary N) is 1. The van der Waals surface area contributed by atoms with Gasteiger partial charge in [-0.3, -0.25) is 14.6 Å². The van der Waals surface area contributed by atoms with Crippen LogP contribution in [0.25, 0.3) is 22.2 Å². The minimum Gasteiger partial charge on any atom is -0.494 e. The molecule has 2 amide bonds. The molecular weight excluding hydrogens is 653 g/mol. The maximum Gasteiger partial charge on any atom is 0.424 e. The third-order valence-corrected chi connectivity index (χ3v) is 8.68. The van der Waals surface area contributed by atoms with Crippen molar-refractivity contribution in [3.05, 3.63) is 82.9 Å². The van der Waals surface area contributed by atoms with Crippen molar-refractivity contribution in [2.45, 2.75) is 36.2 Å². The van der Waals surface area contributed by atoms with Gasteiger partial charge < -0.3 is 25.6 Å². The number of hydrogen-bond acceptors (Lipinski definition) is 7. The summed E-state index contributed by atoms with van der Waals surface area (Å²) in [4.78, 5) is 33.9. The van der Waals surface area contributed by atoms with Crippen molar-refractivity contribution >= 4 is 22.7 Å². The average Bonchev–Trinajstić information content (AvgIpc) is 3.81. The highest BCUT2D eigenvalue weighted by molar-refractivity contribution is 6.00. The number of primary amides is 1. The molecule has 3 heterocycles. The number of rotatable bonds is 8. The molecule has 1 unspecified atom stereocenters. The third-order valence-electron chi connectivity index (χ3n) is 8.68. The maximum absolute atomic E-state index is 14.8. The van der Waals surface area contributed by atoms with Crippen LogP contribution in [-0.4, -0.2) is 53.3 Å². The number of ether oxygens (including phenoxy) is 2. The Labute approximate surface area is 266 Å². The smallest absolute Gasteiger partial charge is 0.424 e. The summed E-state index contributed by atoms with van der Waals surface area (Å²) in [7, 11) is 1.16. The van der Waals surface area contributed by atoms with Gasteiger partial charge in [0, 0.05) is 28.3 Å². The van der Waals surface area contributed by atoms with Crippen LogP contribution in [0.2, 0.25) is 0 Å². The van der Waals surface area contributed by atoms with Gasteiger partial charge in [0.1, 0.15) is 40.5 Å². The van der Waals surface area contributed by atoms with Crippen molar-refractivity contribution in [3.8, 4) is 22.8 Å². The Hall–Kier alpha value is -4.99. The Morgan fingerprint density at radius 2 is 1.77 bits per heavy atom. The predicted molar refractivity (Wildman–Crippen MR) is 154 cm³/mol. The number of hydrogen-bond donors (Lipinski definition) is 3. The number of fused-ring (bicyclic) bond motifs is 2. The van der Waals surface area contributed by atoms with Crippen LogP contribution in [0.3, 0.4) is 0 Å². The second-order valence-corrected chi connectivity index (χ2v) is 11.7. The zero-order valence-electron chi connectivity index (χ0n) is 24.8. The molecule has 4 N–H and O–H groups in total. The molecule has 2 atom stereocenters. The van der Waals surface area contributed by atoms with Crippen LogP contribution in [0.5, 0.6) is 11.5 Å². The van der Waals surface area contributed by atoms with Gasteiger partial charge >= 0.3 is 12.4 Å². The quantitative estimate of drug-likeness (QED) is 0.219. The van der Waals surface area contributed by atoms with Crippen molar-refractivity contribution in [1.29, 1.82) is 0 Å². The average molecular weight is 679 g/mol. The largest absolute Gasteiger partial charge is 0.494 e. The Morgan fingerprint density at radius 1 is 1.08 bits per heavy atom. The molecule has 1 saturated carbocycles. The lowest BCUT2D eigenvalue weighted by molar-refractivity contribution is -0.265. The molecule has 48 heavy (non-hydrogen) atoms. The van der Waals surface area contributed by atoms with Gasteiger partial charge in [0.25, 0.3) is 5.91 Å². The fraction of sp³-hybridized carbons (Fsp3) is 0.312. The van der Waals surface area contributed by atoms with Crippen LogP contribution >= 0.6 is 0 Å². The molecule has 0 saturated heterocycles. The van der Waals surface area contributed by atoms with Gasteiger partial charge in [-0.25, -0.2) is 9.37 Å². The van der Waals surface area contributed by atoms with E-state index in [0.717, 1.165) is 37.4 Å². The van der Waals surface area contributed by atoms with E-state index in [1.807, 2.05) is 5.32 Å². The van der Waals surface area contributed by atoms with Crippen molar-refractivity contribution in [3.63, 3.8) is 0 Å². The first-order valence-corrected chi connectivity index (χ1v) is 14.4. The first-order valence-electron chi connectivity index (χ1n) is 14.4. The van der Waals surface area contributed by atoms with Gasteiger partial charge in [-0.05, 0) is 67.3 Å². The van der Waals surface area contributed by atoms with Crippen LogP contribution in [0.15, 0.2) is 54.7 Å². The lowest BCUT2D eigenvalue weighted by Crippen LogP contribution is -2.52. The number of carbonyl (C=O) groups is 2. The number of alkyl halides is 6. The molecule has 6 rings (SSSR count). The molecule has 1 fully saturated rings. The van der Waals surface area contributed by atoms with E-state index in [0.29, 0.717) is 25.1 Å². The molecule has 1 aliphatic heterocycles.